The van der Waals surface area contributed by atoms with Crippen molar-refractivity contribution in [3.63, 3.8) is 0 Å². The van der Waals surface area contributed by atoms with E-state index < -0.39 is 0 Å². The molecule has 0 fully saturated rings. The summed E-state index contributed by atoms with van der Waals surface area (Å²) in [6.45, 7) is 22.2. The van der Waals surface area contributed by atoms with Crippen LogP contribution in [-0.2, 0) is 0 Å². The highest BCUT2D eigenvalue weighted by Gasteiger charge is 2.15. The van der Waals surface area contributed by atoms with Crippen LogP contribution in [0.1, 0.15) is 115 Å². The van der Waals surface area contributed by atoms with Gasteiger partial charge < -0.3 is 5.32 Å². The summed E-state index contributed by atoms with van der Waals surface area (Å²) in [5.74, 6) is 1.82. The van der Waals surface area contributed by atoms with E-state index in [1.807, 2.05) is 0 Å². The molecule has 2 nitrogen and oxygen atoms in total. The van der Waals surface area contributed by atoms with E-state index in [1.165, 1.54) is 27.9 Å². The van der Waals surface area contributed by atoms with Gasteiger partial charge in [-0.25, -0.2) is 0 Å². The fourth-order valence-electron chi connectivity index (χ4n) is 4.09. The number of nitrogens with one attached hydrogen (secondary N) is 1. The minimum Gasteiger partial charge on any atom is -0.359 e. The Balaban J connectivity index is 2.46. The molecule has 2 heteroatoms. The fourth-order valence-corrected chi connectivity index (χ4v) is 4.09. The zero-order valence-corrected chi connectivity index (χ0v) is 21.3. The van der Waals surface area contributed by atoms with Crippen LogP contribution in [0.3, 0.4) is 0 Å². The average Bonchev–Trinajstić information content (AvgIpc) is 2.67. The molecule has 168 valence electrons. The van der Waals surface area contributed by atoms with Gasteiger partial charge >= 0.3 is 0 Å². The summed E-state index contributed by atoms with van der Waals surface area (Å²) >= 11 is 0. The summed E-state index contributed by atoms with van der Waals surface area (Å²) in [6.07, 6.45) is 2.17. The molecule has 0 amide bonds. The first-order valence-corrected chi connectivity index (χ1v) is 11.8. The molecule has 0 unspecified atom stereocenters. The molecule has 2 rings (SSSR count). The molecule has 0 spiro atoms. The highest BCUT2D eigenvalue weighted by Crippen LogP contribution is 2.35. The molecule has 0 heterocycles. The van der Waals surface area contributed by atoms with Crippen LogP contribution in [0.4, 0.5) is 11.4 Å². The quantitative estimate of drug-likeness (QED) is 0.424. The summed E-state index contributed by atoms with van der Waals surface area (Å²) < 4.78 is 0. The summed E-state index contributed by atoms with van der Waals surface area (Å²) in [5.41, 5.74) is 9.88. The molecule has 0 aliphatic rings. The first-order valence-electron chi connectivity index (χ1n) is 11.8. The first kappa shape index (κ1) is 24.9. The molecule has 0 aliphatic carbocycles. The second-order valence-corrected chi connectivity index (χ2v) is 9.92. The average molecular weight is 419 g/mol. The Morgan fingerprint density at radius 1 is 0.677 bits per heavy atom. The Morgan fingerprint density at radius 2 is 1.06 bits per heavy atom. The van der Waals surface area contributed by atoms with Crippen molar-refractivity contribution in [1.29, 1.82) is 0 Å². The fraction of sp³-hybridized carbons (Fsp3) is 0.483. The predicted molar refractivity (Wildman–Crippen MR) is 139 cm³/mol. The van der Waals surface area contributed by atoms with Crippen LogP contribution in [-0.4, -0.2) is 5.71 Å². The van der Waals surface area contributed by atoms with Crippen molar-refractivity contribution in [1.82, 2.24) is 0 Å². The van der Waals surface area contributed by atoms with Gasteiger partial charge in [0, 0.05) is 17.1 Å². The minimum absolute atomic E-state index is 0.444. The van der Waals surface area contributed by atoms with E-state index in [0.717, 1.165) is 17.1 Å². The van der Waals surface area contributed by atoms with Gasteiger partial charge in [0.2, 0.25) is 0 Å². The maximum atomic E-state index is 5.10. The lowest BCUT2D eigenvalue weighted by Gasteiger charge is -2.21. The van der Waals surface area contributed by atoms with Crippen LogP contribution < -0.4 is 5.32 Å². The highest BCUT2D eigenvalue weighted by atomic mass is 14.9. The third-order valence-electron chi connectivity index (χ3n) is 5.75. The van der Waals surface area contributed by atoms with E-state index in [0.29, 0.717) is 23.7 Å². The van der Waals surface area contributed by atoms with Crippen LogP contribution in [0.25, 0.3) is 0 Å². The topological polar surface area (TPSA) is 24.4 Å². The van der Waals surface area contributed by atoms with Crippen molar-refractivity contribution in [2.45, 2.75) is 92.9 Å². The van der Waals surface area contributed by atoms with E-state index in [2.05, 4.69) is 117 Å². The lowest BCUT2D eigenvalue weighted by molar-refractivity contribution is 0.834. The standard InChI is InChI=1S/C29H42N2/c1-18(2)24-13-11-14-25(19(3)4)28(24)30-22(9)17-23(10)31-29-26(20(5)6)15-12-16-27(29)21(7)8/h11-21,30H,1-10H3/b22-17-,31-23+. The van der Waals surface area contributed by atoms with Crippen molar-refractivity contribution in [3.05, 3.63) is 70.4 Å². The largest absolute Gasteiger partial charge is 0.359 e. The Morgan fingerprint density at radius 3 is 1.45 bits per heavy atom. The van der Waals surface area contributed by atoms with Crippen LogP contribution in [0.15, 0.2) is 53.2 Å². The first-order chi connectivity index (χ1) is 14.5. The van der Waals surface area contributed by atoms with Gasteiger partial charge in [0.1, 0.15) is 0 Å². The monoisotopic (exact) mass is 418 g/mol. The molecule has 0 saturated carbocycles. The SMILES string of the molecule is C/C(=C/C(C)=N/c1c(C(C)C)cccc1C(C)C)Nc1c(C(C)C)cccc1C(C)C. The van der Waals surface area contributed by atoms with E-state index in [9.17, 15) is 0 Å². The number of para-hydroxylation sites is 2. The molecule has 0 saturated heterocycles. The number of benzene rings is 2. The summed E-state index contributed by atoms with van der Waals surface area (Å²) in [5, 5.41) is 3.71. The Bertz CT molecular complexity index is 891. The predicted octanol–water partition coefficient (Wildman–Crippen LogP) is 9.29. The van der Waals surface area contributed by atoms with Gasteiger partial charge in [0.25, 0.3) is 0 Å². The molecule has 2 aromatic carbocycles. The summed E-state index contributed by atoms with van der Waals surface area (Å²) in [7, 11) is 0. The van der Waals surface area contributed by atoms with Gasteiger partial charge in [-0.05, 0) is 65.8 Å². The van der Waals surface area contributed by atoms with Crippen molar-refractivity contribution in [2.24, 2.45) is 4.99 Å². The van der Waals surface area contributed by atoms with Gasteiger partial charge in [-0.2, -0.15) is 0 Å². The van der Waals surface area contributed by atoms with Gasteiger partial charge in [-0.1, -0.05) is 91.8 Å². The third kappa shape index (κ3) is 6.32. The number of hydrogen-bond acceptors (Lipinski definition) is 2. The zero-order chi connectivity index (χ0) is 23.3. The third-order valence-corrected chi connectivity index (χ3v) is 5.75. The Hall–Kier alpha value is -2.35. The minimum atomic E-state index is 0.444. The Labute approximate surface area is 190 Å². The van der Waals surface area contributed by atoms with E-state index in [-0.39, 0.29) is 0 Å². The maximum Gasteiger partial charge on any atom is 0.0701 e. The van der Waals surface area contributed by atoms with Crippen molar-refractivity contribution in [3.8, 4) is 0 Å². The molecule has 2 aromatic rings. The molecule has 0 bridgehead atoms. The van der Waals surface area contributed by atoms with Gasteiger partial charge in [0.05, 0.1) is 5.69 Å². The van der Waals surface area contributed by atoms with Crippen molar-refractivity contribution < 1.29 is 0 Å². The van der Waals surface area contributed by atoms with Gasteiger partial charge in [-0.3, -0.25) is 4.99 Å². The molecule has 31 heavy (non-hydrogen) atoms. The van der Waals surface area contributed by atoms with E-state index in [1.54, 1.807) is 0 Å². The van der Waals surface area contributed by atoms with E-state index in [4.69, 9.17) is 4.99 Å². The second-order valence-electron chi connectivity index (χ2n) is 9.92. The van der Waals surface area contributed by atoms with Gasteiger partial charge in [0.15, 0.2) is 0 Å². The highest BCUT2D eigenvalue weighted by molar-refractivity contribution is 5.96. The molecular weight excluding hydrogens is 376 g/mol. The van der Waals surface area contributed by atoms with Gasteiger partial charge in [-0.15, -0.1) is 0 Å². The normalized spacial score (nSPS) is 13.1. The number of allylic oxidation sites excluding steroid dienone is 2. The number of aliphatic imine (C=N–C) groups is 1. The molecule has 0 radical (unpaired) electrons. The number of hydrogen-bond donors (Lipinski definition) is 1. The summed E-state index contributed by atoms with van der Waals surface area (Å²) in [6, 6.07) is 13.2. The smallest absolute Gasteiger partial charge is 0.0701 e. The van der Waals surface area contributed by atoms with Crippen LogP contribution in [0, 0.1) is 0 Å². The summed E-state index contributed by atoms with van der Waals surface area (Å²) in [4.78, 5) is 5.10. The molecular formula is C29H42N2. The van der Waals surface area contributed by atoms with Crippen molar-refractivity contribution in [2.75, 3.05) is 5.32 Å². The maximum absolute atomic E-state index is 5.10. The number of anilines is 1. The van der Waals surface area contributed by atoms with Crippen LogP contribution in [0.2, 0.25) is 0 Å². The van der Waals surface area contributed by atoms with Crippen LogP contribution >= 0.6 is 0 Å². The zero-order valence-electron chi connectivity index (χ0n) is 21.3. The van der Waals surface area contributed by atoms with E-state index >= 15 is 0 Å². The number of rotatable bonds is 8. The van der Waals surface area contributed by atoms with Crippen molar-refractivity contribution >= 4 is 17.1 Å². The lowest BCUT2D eigenvalue weighted by Crippen LogP contribution is -2.07. The lowest BCUT2D eigenvalue weighted by atomic mass is 9.92. The molecule has 0 aliphatic heterocycles. The second kappa shape index (κ2) is 10.8. The molecule has 0 atom stereocenters. The Kier molecular flexibility index (Phi) is 8.68. The molecule has 0 aromatic heterocycles. The number of nitrogens with zero attached hydrogens (tertiary/aromatic N) is 1. The van der Waals surface area contributed by atoms with Crippen LogP contribution in [0.5, 0.6) is 0 Å². The molecule has 1 N–H and O–H groups in total.